The monoisotopic (exact) mass is 291 g/mol. The van der Waals surface area contributed by atoms with Gasteiger partial charge in [0.25, 0.3) is 0 Å². The predicted octanol–water partition coefficient (Wildman–Crippen LogP) is 2.58. The highest BCUT2D eigenvalue weighted by molar-refractivity contribution is 5.10. The lowest BCUT2D eigenvalue weighted by molar-refractivity contribution is 0.000692. The van der Waals surface area contributed by atoms with E-state index in [1.807, 2.05) is 0 Å². The van der Waals surface area contributed by atoms with Crippen LogP contribution in [0, 0.1) is 0 Å². The van der Waals surface area contributed by atoms with Crippen molar-refractivity contribution in [3.63, 3.8) is 0 Å². The van der Waals surface area contributed by atoms with Gasteiger partial charge in [-0.2, -0.15) is 0 Å². The molecule has 1 fully saturated rings. The maximum atomic E-state index is 6.01. The Bertz CT molecular complexity index is 434. The fraction of sp³-hybridized carbons (Fsp3) is 0.706. The highest BCUT2D eigenvalue weighted by Gasteiger charge is 2.17. The number of piperidine rings is 1. The lowest BCUT2D eigenvalue weighted by atomic mass is 10.1. The van der Waals surface area contributed by atoms with Crippen LogP contribution in [0.3, 0.4) is 0 Å². The molecule has 0 unspecified atom stereocenters. The molecule has 2 rings (SSSR count). The Balaban J connectivity index is 1.80. The first kappa shape index (κ1) is 16.4. The number of hydrogen-bond acceptors (Lipinski definition) is 4. The zero-order valence-electron chi connectivity index (χ0n) is 13.9. The van der Waals surface area contributed by atoms with E-state index in [4.69, 9.17) is 4.74 Å². The lowest BCUT2D eigenvalue weighted by Crippen LogP contribution is -2.35. The van der Waals surface area contributed by atoms with Crippen LogP contribution in [0.25, 0.3) is 0 Å². The molecule has 0 saturated carbocycles. The summed E-state index contributed by atoms with van der Waals surface area (Å²) in [5.74, 6) is 0. The largest absolute Gasteiger partial charge is 0.372 e. The Morgan fingerprint density at radius 3 is 2.57 bits per heavy atom. The molecule has 0 aliphatic carbocycles. The molecule has 21 heavy (non-hydrogen) atoms. The first-order valence-corrected chi connectivity index (χ1v) is 7.92. The van der Waals surface area contributed by atoms with Gasteiger partial charge in [0.2, 0.25) is 0 Å². The lowest BCUT2D eigenvalue weighted by Gasteiger charge is -2.28. The van der Waals surface area contributed by atoms with Crippen LogP contribution in [0.1, 0.15) is 45.0 Å². The second-order valence-electron chi connectivity index (χ2n) is 7.04. The van der Waals surface area contributed by atoms with Gasteiger partial charge in [-0.3, -0.25) is 4.98 Å². The molecule has 1 aromatic heterocycles. The third-order valence-electron chi connectivity index (χ3n) is 3.80. The van der Waals surface area contributed by atoms with E-state index in [2.05, 4.69) is 61.2 Å². The summed E-state index contributed by atoms with van der Waals surface area (Å²) >= 11 is 0. The summed E-state index contributed by atoms with van der Waals surface area (Å²) in [5, 5.41) is 3.47. The van der Waals surface area contributed by atoms with Crippen LogP contribution in [-0.4, -0.2) is 41.7 Å². The summed E-state index contributed by atoms with van der Waals surface area (Å²) in [6, 6.07) is 6.19. The van der Waals surface area contributed by atoms with Crippen molar-refractivity contribution in [2.75, 3.05) is 20.1 Å². The van der Waals surface area contributed by atoms with E-state index in [9.17, 15) is 0 Å². The standard InChI is InChI=1S/C17H29N3O/c1-17(2,3)18-12-14-6-5-7-15(19-14)13-21-16-8-10-20(4)11-9-16/h5-7,16,18H,8-13H2,1-4H3. The minimum Gasteiger partial charge on any atom is -0.372 e. The molecular formula is C17H29N3O. The summed E-state index contributed by atoms with van der Waals surface area (Å²) in [6.45, 7) is 10.2. The van der Waals surface area contributed by atoms with Gasteiger partial charge in [0.05, 0.1) is 24.1 Å². The second kappa shape index (κ2) is 7.34. The van der Waals surface area contributed by atoms with Crippen LogP contribution < -0.4 is 5.32 Å². The first-order chi connectivity index (χ1) is 9.92. The molecule has 1 saturated heterocycles. The molecule has 0 amide bonds. The molecule has 118 valence electrons. The third kappa shape index (κ3) is 6.12. The number of nitrogens with zero attached hydrogens (tertiary/aromatic N) is 2. The Hall–Kier alpha value is -0.970. The van der Waals surface area contributed by atoms with Crippen molar-refractivity contribution >= 4 is 0 Å². The molecule has 1 aromatic rings. The van der Waals surface area contributed by atoms with Crippen LogP contribution in [0.5, 0.6) is 0 Å². The smallest absolute Gasteiger partial charge is 0.0891 e. The summed E-state index contributed by atoms with van der Waals surface area (Å²) < 4.78 is 6.01. The van der Waals surface area contributed by atoms with Gasteiger partial charge in [-0.05, 0) is 52.8 Å². The van der Waals surface area contributed by atoms with Crippen molar-refractivity contribution in [1.82, 2.24) is 15.2 Å². The molecule has 4 nitrogen and oxygen atoms in total. The minimum atomic E-state index is 0.113. The second-order valence-corrected chi connectivity index (χ2v) is 7.04. The zero-order valence-corrected chi connectivity index (χ0v) is 13.9. The Morgan fingerprint density at radius 2 is 1.90 bits per heavy atom. The van der Waals surface area contributed by atoms with Crippen molar-refractivity contribution < 1.29 is 4.74 Å². The van der Waals surface area contributed by atoms with Gasteiger partial charge >= 0.3 is 0 Å². The molecule has 0 spiro atoms. The molecule has 1 N–H and O–H groups in total. The van der Waals surface area contributed by atoms with Crippen molar-refractivity contribution in [3.8, 4) is 0 Å². The zero-order chi connectivity index (χ0) is 15.3. The quantitative estimate of drug-likeness (QED) is 0.905. The van der Waals surface area contributed by atoms with Crippen LogP contribution in [0.4, 0.5) is 0 Å². The average Bonchev–Trinajstić information content (AvgIpc) is 2.44. The normalized spacial score (nSPS) is 18.1. The summed E-state index contributed by atoms with van der Waals surface area (Å²) in [7, 11) is 2.17. The summed E-state index contributed by atoms with van der Waals surface area (Å²) in [6.07, 6.45) is 2.64. The maximum absolute atomic E-state index is 6.01. The molecule has 0 atom stereocenters. The molecule has 0 bridgehead atoms. The number of nitrogens with one attached hydrogen (secondary N) is 1. The number of rotatable bonds is 5. The summed E-state index contributed by atoms with van der Waals surface area (Å²) in [4.78, 5) is 7.04. The van der Waals surface area contributed by atoms with E-state index < -0.39 is 0 Å². The van der Waals surface area contributed by atoms with Gasteiger partial charge in [0.15, 0.2) is 0 Å². The van der Waals surface area contributed by atoms with E-state index in [0.29, 0.717) is 12.7 Å². The van der Waals surface area contributed by atoms with Crippen molar-refractivity contribution in [1.29, 1.82) is 0 Å². The Labute approximate surface area is 128 Å². The Kier molecular flexibility index (Phi) is 5.73. The average molecular weight is 291 g/mol. The topological polar surface area (TPSA) is 37.4 Å². The van der Waals surface area contributed by atoms with E-state index >= 15 is 0 Å². The number of hydrogen-bond donors (Lipinski definition) is 1. The van der Waals surface area contributed by atoms with Crippen LogP contribution in [-0.2, 0) is 17.9 Å². The van der Waals surface area contributed by atoms with Crippen molar-refractivity contribution in [2.45, 2.75) is 58.4 Å². The Morgan fingerprint density at radius 1 is 1.24 bits per heavy atom. The molecule has 2 heterocycles. The molecule has 0 aromatic carbocycles. The number of pyridine rings is 1. The van der Waals surface area contributed by atoms with Crippen molar-refractivity contribution in [2.24, 2.45) is 0 Å². The highest BCUT2D eigenvalue weighted by atomic mass is 16.5. The first-order valence-electron chi connectivity index (χ1n) is 7.92. The predicted molar refractivity (Wildman–Crippen MR) is 86.1 cm³/mol. The van der Waals surface area contributed by atoms with E-state index in [0.717, 1.165) is 43.9 Å². The maximum Gasteiger partial charge on any atom is 0.0891 e. The number of aromatic nitrogens is 1. The number of ether oxygens (including phenoxy) is 1. The van der Waals surface area contributed by atoms with Gasteiger partial charge in [-0.1, -0.05) is 6.07 Å². The van der Waals surface area contributed by atoms with Crippen LogP contribution >= 0.6 is 0 Å². The van der Waals surface area contributed by atoms with Gasteiger partial charge in [0, 0.05) is 25.2 Å². The highest BCUT2D eigenvalue weighted by Crippen LogP contribution is 2.14. The molecule has 0 radical (unpaired) electrons. The molecule has 1 aliphatic heterocycles. The fourth-order valence-electron chi connectivity index (χ4n) is 2.42. The molecular weight excluding hydrogens is 262 g/mol. The van der Waals surface area contributed by atoms with E-state index in [1.54, 1.807) is 0 Å². The van der Waals surface area contributed by atoms with Crippen LogP contribution in [0.15, 0.2) is 18.2 Å². The van der Waals surface area contributed by atoms with Gasteiger partial charge in [-0.25, -0.2) is 0 Å². The van der Waals surface area contributed by atoms with Gasteiger partial charge < -0.3 is 15.0 Å². The number of likely N-dealkylation sites (tertiary alicyclic amines) is 1. The minimum absolute atomic E-state index is 0.113. The summed E-state index contributed by atoms with van der Waals surface area (Å²) in [5.41, 5.74) is 2.22. The van der Waals surface area contributed by atoms with Crippen LogP contribution in [0.2, 0.25) is 0 Å². The van der Waals surface area contributed by atoms with E-state index in [1.165, 1.54) is 0 Å². The third-order valence-corrected chi connectivity index (χ3v) is 3.80. The molecule has 1 aliphatic rings. The van der Waals surface area contributed by atoms with Gasteiger partial charge in [-0.15, -0.1) is 0 Å². The van der Waals surface area contributed by atoms with Gasteiger partial charge in [0.1, 0.15) is 0 Å². The SMILES string of the molecule is CN1CCC(OCc2cccc(CNC(C)(C)C)n2)CC1. The fourth-order valence-corrected chi connectivity index (χ4v) is 2.42. The molecule has 4 heteroatoms. The van der Waals surface area contributed by atoms with Crippen molar-refractivity contribution in [3.05, 3.63) is 29.6 Å². The van der Waals surface area contributed by atoms with E-state index in [-0.39, 0.29) is 5.54 Å².